The van der Waals surface area contributed by atoms with Gasteiger partial charge >= 0.3 is 17.9 Å². The summed E-state index contributed by atoms with van der Waals surface area (Å²) in [5.74, 6) is -1.99. The highest BCUT2D eigenvalue weighted by Gasteiger charge is 2.25. The number of ether oxygens (including phenoxy) is 4. The molecule has 0 bridgehead atoms. The van der Waals surface area contributed by atoms with Gasteiger partial charge in [0.05, 0.1) is 34.4 Å². The van der Waals surface area contributed by atoms with Crippen molar-refractivity contribution in [2.45, 2.75) is 373 Å². The van der Waals surface area contributed by atoms with Crippen LogP contribution in [0.1, 0.15) is 361 Å². The van der Waals surface area contributed by atoms with E-state index in [1.807, 2.05) is 21.1 Å². The van der Waals surface area contributed by atoms with E-state index >= 15 is 0 Å². The molecule has 0 heterocycles. The number of esters is 2. The van der Waals surface area contributed by atoms with E-state index in [-0.39, 0.29) is 32.2 Å². The highest BCUT2D eigenvalue weighted by molar-refractivity contribution is 5.71. The summed E-state index contributed by atoms with van der Waals surface area (Å²) < 4.78 is 23.1. The third-order valence-electron chi connectivity index (χ3n) is 18.5. The number of aliphatic carboxylic acids is 1. The number of likely N-dealkylation sites (N-methyl/N-ethyl adjacent to an activating group) is 1. The first-order valence-corrected chi connectivity index (χ1v) is 43.3. The molecule has 0 spiro atoms. The highest BCUT2D eigenvalue weighted by Crippen LogP contribution is 2.19. The van der Waals surface area contributed by atoms with Crippen LogP contribution in [0.15, 0.2) is 170 Å². The average molecular weight is 1460 g/mol. The van der Waals surface area contributed by atoms with Gasteiger partial charge in [-0.3, -0.25) is 9.59 Å². The van der Waals surface area contributed by atoms with Gasteiger partial charge in [-0.05, 0) is 128 Å². The molecular formula is C96H162NO8+. The number of carboxylic acid groups (broad SMARTS) is 1. The lowest BCUT2D eigenvalue weighted by Crippen LogP contribution is -2.40. The number of unbranched alkanes of at least 4 members (excludes halogenated alkanes) is 36. The van der Waals surface area contributed by atoms with E-state index in [1.165, 1.54) is 205 Å². The average Bonchev–Trinajstić information content (AvgIpc) is 1.18. The number of rotatable bonds is 79. The van der Waals surface area contributed by atoms with Crippen LogP contribution in [0.3, 0.4) is 0 Å². The summed E-state index contributed by atoms with van der Waals surface area (Å²) in [6, 6.07) is 0. The monoisotopic (exact) mass is 1460 g/mol. The number of hydrogen-bond donors (Lipinski definition) is 1. The number of hydrogen-bond acceptors (Lipinski definition) is 7. The summed E-state index contributed by atoms with van der Waals surface area (Å²) in [6.07, 6.45) is 124. The minimum atomic E-state index is -1.52. The normalized spacial score (nSPS) is 13.5. The molecule has 0 aromatic rings. The van der Waals surface area contributed by atoms with Gasteiger partial charge < -0.3 is 28.5 Å². The summed E-state index contributed by atoms with van der Waals surface area (Å²) in [6.45, 7) is 4.68. The van der Waals surface area contributed by atoms with Gasteiger partial charge in [-0.25, -0.2) is 4.79 Å². The van der Waals surface area contributed by atoms with Gasteiger partial charge in [0.2, 0.25) is 0 Å². The Balaban J connectivity index is 4.00. The maximum atomic E-state index is 13.0. The van der Waals surface area contributed by atoms with Crippen LogP contribution < -0.4 is 0 Å². The summed E-state index contributed by atoms with van der Waals surface area (Å²) in [5, 5.41) is 9.79. The highest BCUT2D eigenvalue weighted by atomic mass is 16.7. The Labute approximate surface area is 647 Å². The largest absolute Gasteiger partial charge is 0.477 e. The molecule has 0 saturated carbocycles. The van der Waals surface area contributed by atoms with Crippen LogP contribution >= 0.6 is 0 Å². The second-order valence-electron chi connectivity index (χ2n) is 29.7. The van der Waals surface area contributed by atoms with Gasteiger partial charge in [-0.2, -0.15) is 0 Å². The van der Waals surface area contributed by atoms with Crippen molar-refractivity contribution in [3.8, 4) is 0 Å². The standard InChI is InChI=1S/C96H161NO8/c1-6-8-10-12-14-16-18-20-22-24-26-28-30-32-34-36-38-40-42-44-46-47-49-51-53-55-57-59-61-63-65-67-69-71-73-75-77-79-81-83-85-87-94(99)105-92(91-104-96(95(100)101)102-89-88-97(3,4)5)90-103-93(98)86-84-82-80-78-76-74-72-70-68-66-64-62-60-58-56-54-52-50-48-45-43-41-39-37-35-33-31-29-27-25-23-21-19-17-15-13-11-9-7-2/h8-11,14-17,20-23,26-29,32-35,38-41,44-46,48,92,96H,6-7,12-13,18-19,24-25,30-31,36-37,42-43,47,49-91H2,1-5H3/p+1/b10-8-,11-9-,16-14-,17-15-,22-20-,23-21-,28-26-,29-27-,34-32-,35-33-,40-38-,41-39-,46-44-,48-45-. The molecule has 0 aliphatic rings. The fourth-order valence-electron chi connectivity index (χ4n) is 12.0. The van der Waals surface area contributed by atoms with Crippen molar-refractivity contribution in [2.24, 2.45) is 0 Å². The van der Waals surface area contributed by atoms with Crippen molar-refractivity contribution in [1.29, 1.82) is 0 Å². The Morgan fingerprint density at radius 1 is 0.286 bits per heavy atom. The van der Waals surface area contributed by atoms with E-state index in [2.05, 4.69) is 184 Å². The Morgan fingerprint density at radius 3 is 0.762 bits per heavy atom. The van der Waals surface area contributed by atoms with E-state index in [4.69, 9.17) is 18.9 Å². The SMILES string of the molecule is CC/C=C\C/C=C\C/C=C\C/C=C\C/C=C\C/C=C\C/C=C\CCCCCCCCCCCCCCCCCCCCCC(=O)OC(COC(=O)CCCCCCCCCCCCCCCCCCC/C=C\C/C=C\C/C=C\C/C=C\C/C=C\C/C=C\C/C=C\CC)COC(OCC[N+](C)(C)C)C(=O)O. The van der Waals surface area contributed by atoms with Crippen LogP contribution in [-0.4, -0.2) is 87.4 Å². The van der Waals surface area contributed by atoms with E-state index < -0.39 is 24.3 Å². The first kappa shape index (κ1) is 99.7. The Morgan fingerprint density at radius 2 is 0.514 bits per heavy atom. The molecule has 0 aromatic carbocycles. The number of carboxylic acids is 1. The maximum Gasteiger partial charge on any atom is 0.361 e. The Bertz CT molecular complexity index is 2350. The third kappa shape index (κ3) is 85.8. The molecule has 9 nitrogen and oxygen atoms in total. The van der Waals surface area contributed by atoms with Crippen LogP contribution in [0.5, 0.6) is 0 Å². The minimum Gasteiger partial charge on any atom is -0.477 e. The molecule has 0 aliphatic heterocycles. The van der Waals surface area contributed by atoms with Crippen molar-refractivity contribution in [2.75, 3.05) is 47.5 Å². The first-order chi connectivity index (χ1) is 51.6. The Hall–Kier alpha value is -5.35. The van der Waals surface area contributed by atoms with Crippen LogP contribution in [0.2, 0.25) is 0 Å². The van der Waals surface area contributed by atoms with Gasteiger partial charge in [0.1, 0.15) is 13.2 Å². The van der Waals surface area contributed by atoms with Gasteiger partial charge in [-0.15, -0.1) is 0 Å². The van der Waals surface area contributed by atoms with Gasteiger partial charge in [0.15, 0.2) is 6.10 Å². The lowest BCUT2D eigenvalue weighted by molar-refractivity contribution is -0.870. The number of carbonyl (C=O) groups excluding carboxylic acids is 2. The number of carbonyl (C=O) groups is 3. The number of allylic oxidation sites excluding steroid dienone is 28. The molecule has 0 amide bonds. The first-order valence-electron chi connectivity index (χ1n) is 43.3. The molecule has 0 saturated heterocycles. The van der Waals surface area contributed by atoms with Crippen molar-refractivity contribution in [3.63, 3.8) is 0 Å². The molecule has 0 aliphatic carbocycles. The molecule has 0 aromatic heterocycles. The second-order valence-corrected chi connectivity index (χ2v) is 29.7. The summed E-state index contributed by atoms with van der Waals surface area (Å²) in [7, 11) is 5.99. The third-order valence-corrected chi connectivity index (χ3v) is 18.5. The summed E-state index contributed by atoms with van der Waals surface area (Å²) in [5.41, 5.74) is 0. The van der Waals surface area contributed by atoms with Crippen molar-refractivity contribution < 1.29 is 42.9 Å². The maximum absolute atomic E-state index is 13.0. The zero-order chi connectivity index (χ0) is 76.0. The molecular weight excluding hydrogens is 1300 g/mol. The summed E-state index contributed by atoms with van der Waals surface area (Å²) >= 11 is 0. The van der Waals surface area contributed by atoms with Gasteiger partial charge in [0, 0.05) is 12.8 Å². The fourth-order valence-corrected chi connectivity index (χ4v) is 12.0. The topological polar surface area (TPSA) is 108 Å². The predicted octanol–water partition coefficient (Wildman–Crippen LogP) is 28.5. The lowest BCUT2D eigenvalue weighted by Gasteiger charge is -2.25. The van der Waals surface area contributed by atoms with Crippen LogP contribution in [-0.2, 0) is 33.3 Å². The molecule has 0 rings (SSSR count). The second kappa shape index (κ2) is 84.3. The van der Waals surface area contributed by atoms with E-state index in [9.17, 15) is 19.5 Å². The molecule has 0 radical (unpaired) electrons. The number of nitrogens with zero attached hydrogens (tertiary/aromatic N) is 1. The van der Waals surface area contributed by atoms with Crippen molar-refractivity contribution >= 4 is 17.9 Å². The molecule has 9 heteroatoms. The van der Waals surface area contributed by atoms with Gasteiger partial charge in [-0.1, -0.05) is 389 Å². The molecule has 1 N–H and O–H groups in total. The number of quaternary nitrogens is 1. The van der Waals surface area contributed by atoms with E-state index in [0.717, 1.165) is 128 Å². The molecule has 0 fully saturated rings. The van der Waals surface area contributed by atoms with Crippen LogP contribution in [0.25, 0.3) is 0 Å². The molecule has 105 heavy (non-hydrogen) atoms. The van der Waals surface area contributed by atoms with Crippen molar-refractivity contribution in [3.05, 3.63) is 170 Å². The summed E-state index contributed by atoms with van der Waals surface area (Å²) in [4.78, 5) is 37.8. The van der Waals surface area contributed by atoms with Crippen molar-refractivity contribution in [1.82, 2.24) is 0 Å². The van der Waals surface area contributed by atoms with Gasteiger partial charge in [0.25, 0.3) is 6.29 Å². The predicted molar refractivity (Wildman–Crippen MR) is 456 cm³/mol. The van der Waals surface area contributed by atoms with E-state index in [0.29, 0.717) is 17.4 Å². The minimum absolute atomic E-state index is 0.184. The molecule has 2 unspecified atom stereocenters. The van der Waals surface area contributed by atoms with Crippen LogP contribution in [0.4, 0.5) is 0 Å². The zero-order valence-electron chi connectivity index (χ0n) is 68.6. The smallest absolute Gasteiger partial charge is 0.361 e. The Kier molecular flexibility index (Phi) is 80.0. The zero-order valence-corrected chi connectivity index (χ0v) is 68.6. The fraction of sp³-hybridized carbons (Fsp3) is 0.677. The van der Waals surface area contributed by atoms with Crippen LogP contribution in [0, 0.1) is 0 Å². The quantitative estimate of drug-likeness (QED) is 0.0211. The lowest BCUT2D eigenvalue weighted by atomic mass is 10.0. The molecule has 2 atom stereocenters. The molecule has 598 valence electrons. The van der Waals surface area contributed by atoms with E-state index in [1.54, 1.807) is 0 Å².